The summed E-state index contributed by atoms with van der Waals surface area (Å²) in [4.78, 5) is 2.10. The van der Waals surface area contributed by atoms with E-state index < -0.39 is 6.10 Å². The normalized spacial score (nSPS) is 11.9. The molecule has 104 valence electrons. The molecule has 0 bridgehead atoms. The first-order valence-corrected chi connectivity index (χ1v) is 6.97. The lowest BCUT2D eigenvalue weighted by Gasteiger charge is -2.25. The van der Waals surface area contributed by atoms with Gasteiger partial charge in [-0.3, -0.25) is 0 Å². The van der Waals surface area contributed by atoms with Crippen LogP contribution in [0.25, 0.3) is 0 Å². The van der Waals surface area contributed by atoms with E-state index in [1.807, 2.05) is 18.2 Å². The quantitative estimate of drug-likeness (QED) is 0.837. The maximum absolute atomic E-state index is 9.56. The minimum atomic E-state index is -0.489. The van der Waals surface area contributed by atoms with E-state index in [0.29, 0.717) is 19.6 Å². The number of nitriles is 1. The van der Waals surface area contributed by atoms with Gasteiger partial charge in [0.25, 0.3) is 0 Å². The number of aliphatic hydroxyl groups is 1. The molecule has 4 nitrogen and oxygen atoms in total. The predicted octanol–water partition coefficient (Wildman–Crippen LogP) is 2.87. The second-order valence-corrected chi connectivity index (χ2v) is 5.13. The molecule has 1 rings (SSSR count). The zero-order valence-electron chi connectivity index (χ0n) is 11.3. The maximum Gasteiger partial charge on any atom is 0.0762 e. The standard InChI is InChI=1S/C14H19BrN2O2/c1-11(18)12-4-5-14(13(15)10-12)17(7-3-6-16)8-9-19-2/h4-5,10-11,18H,3,7-9H2,1-2H3. The monoisotopic (exact) mass is 326 g/mol. The second kappa shape index (κ2) is 8.16. The van der Waals surface area contributed by atoms with Crippen molar-refractivity contribution in [3.63, 3.8) is 0 Å². The molecule has 0 saturated carbocycles. The largest absolute Gasteiger partial charge is 0.389 e. The average Bonchev–Trinajstić information content (AvgIpc) is 2.39. The molecular weight excluding hydrogens is 308 g/mol. The van der Waals surface area contributed by atoms with Crippen molar-refractivity contribution in [3.8, 4) is 6.07 Å². The van der Waals surface area contributed by atoms with Crippen LogP contribution >= 0.6 is 15.9 Å². The van der Waals surface area contributed by atoms with Gasteiger partial charge in [0.15, 0.2) is 0 Å². The molecule has 1 atom stereocenters. The number of ether oxygens (including phenoxy) is 1. The van der Waals surface area contributed by atoms with Crippen molar-refractivity contribution in [2.24, 2.45) is 0 Å². The van der Waals surface area contributed by atoms with E-state index >= 15 is 0 Å². The van der Waals surface area contributed by atoms with Crippen molar-refractivity contribution in [2.45, 2.75) is 19.4 Å². The minimum Gasteiger partial charge on any atom is -0.389 e. The molecule has 0 heterocycles. The summed E-state index contributed by atoms with van der Waals surface area (Å²) in [5.41, 5.74) is 1.87. The summed E-state index contributed by atoms with van der Waals surface area (Å²) in [7, 11) is 1.66. The smallest absolute Gasteiger partial charge is 0.0762 e. The molecule has 1 N–H and O–H groups in total. The van der Waals surface area contributed by atoms with Crippen LogP contribution in [0.2, 0.25) is 0 Å². The third kappa shape index (κ3) is 4.83. The minimum absolute atomic E-state index is 0.467. The zero-order valence-corrected chi connectivity index (χ0v) is 12.9. The highest BCUT2D eigenvalue weighted by Gasteiger charge is 2.11. The van der Waals surface area contributed by atoms with E-state index in [4.69, 9.17) is 10.00 Å². The van der Waals surface area contributed by atoms with Gasteiger partial charge in [-0.15, -0.1) is 0 Å². The SMILES string of the molecule is COCCN(CCC#N)c1ccc(C(C)O)cc1Br. The van der Waals surface area contributed by atoms with Gasteiger partial charge in [0, 0.05) is 24.7 Å². The van der Waals surface area contributed by atoms with Gasteiger partial charge in [-0.05, 0) is 40.5 Å². The van der Waals surface area contributed by atoms with Crippen LogP contribution in [0.3, 0.4) is 0 Å². The molecule has 1 aromatic rings. The molecule has 0 fully saturated rings. The van der Waals surface area contributed by atoms with Gasteiger partial charge in [0.05, 0.1) is 30.9 Å². The first-order valence-electron chi connectivity index (χ1n) is 6.18. The van der Waals surface area contributed by atoms with Gasteiger partial charge in [-0.1, -0.05) is 6.07 Å². The predicted molar refractivity (Wildman–Crippen MR) is 79.1 cm³/mol. The third-order valence-corrected chi connectivity index (χ3v) is 3.49. The van der Waals surface area contributed by atoms with Gasteiger partial charge >= 0.3 is 0 Å². The van der Waals surface area contributed by atoms with Gasteiger partial charge in [-0.25, -0.2) is 0 Å². The topological polar surface area (TPSA) is 56.5 Å². The Kier molecular flexibility index (Phi) is 6.85. The van der Waals surface area contributed by atoms with Gasteiger partial charge in [0.2, 0.25) is 0 Å². The van der Waals surface area contributed by atoms with Crippen LogP contribution in [0.4, 0.5) is 5.69 Å². The van der Waals surface area contributed by atoms with Crippen LogP contribution in [-0.4, -0.2) is 31.9 Å². The Morgan fingerprint density at radius 3 is 2.74 bits per heavy atom. The van der Waals surface area contributed by atoms with Crippen LogP contribution in [-0.2, 0) is 4.74 Å². The zero-order chi connectivity index (χ0) is 14.3. The summed E-state index contributed by atoms with van der Waals surface area (Å²) >= 11 is 3.52. The molecule has 0 saturated heterocycles. The first-order chi connectivity index (χ1) is 9.10. The van der Waals surface area contributed by atoms with Crippen molar-refractivity contribution in [3.05, 3.63) is 28.2 Å². The number of hydrogen-bond acceptors (Lipinski definition) is 4. The number of hydrogen-bond donors (Lipinski definition) is 1. The summed E-state index contributed by atoms with van der Waals surface area (Å²) in [5, 5.41) is 18.3. The van der Waals surface area contributed by atoms with Crippen molar-refractivity contribution in [1.29, 1.82) is 5.26 Å². The van der Waals surface area contributed by atoms with Crippen LogP contribution < -0.4 is 4.90 Å². The number of benzene rings is 1. The molecular formula is C14H19BrN2O2. The van der Waals surface area contributed by atoms with E-state index in [-0.39, 0.29) is 0 Å². The summed E-state index contributed by atoms with van der Waals surface area (Å²) in [5.74, 6) is 0. The molecule has 1 unspecified atom stereocenters. The van der Waals surface area contributed by atoms with E-state index in [2.05, 4.69) is 26.9 Å². The fraction of sp³-hybridized carbons (Fsp3) is 0.500. The molecule has 19 heavy (non-hydrogen) atoms. The molecule has 0 amide bonds. The third-order valence-electron chi connectivity index (χ3n) is 2.85. The first kappa shape index (κ1) is 16.0. The van der Waals surface area contributed by atoms with Crippen LogP contribution in [0.1, 0.15) is 25.0 Å². The number of halogens is 1. The van der Waals surface area contributed by atoms with Crippen molar-refractivity contribution in [2.75, 3.05) is 31.7 Å². The number of anilines is 1. The Bertz CT molecular complexity index is 444. The second-order valence-electron chi connectivity index (χ2n) is 4.27. The Balaban J connectivity index is 2.91. The van der Waals surface area contributed by atoms with E-state index in [9.17, 15) is 5.11 Å². The van der Waals surface area contributed by atoms with E-state index in [0.717, 1.165) is 22.3 Å². The van der Waals surface area contributed by atoms with Gasteiger partial charge < -0.3 is 14.7 Å². The maximum atomic E-state index is 9.56. The molecule has 0 aliphatic rings. The van der Waals surface area contributed by atoms with Crippen LogP contribution in [0, 0.1) is 11.3 Å². The highest BCUT2D eigenvalue weighted by atomic mass is 79.9. The molecule has 0 spiro atoms. The number of rotatable bonds is 7. The molecule has 0 aromatic heterocycles. The lowest BCUT2D eigenvalue weighted by molar-refractivity contribution is 0.199. The van der Waals surface area contributed by atoms with Gasteiger partial charge in [0.1, 0.15) is 0 Å². The Labute approximate surface area is 122 Å². The molecule has 1 aromatic carbocycles. The summed E-state index contributed by atoms with van der Waals surface area (Å²) in [6.07, 6.45) is -0.0224. The van der Waals surface area contributed by atoms with Gasteiger partial charge in [-0.2, -0.15) is 5.26 Å². The number of aliphatic hydroxyl groups excluding tert-OH is 1. The lowest BCUT2D eigenvalue weighted by atomic mass is 10.1. The summed E-state index contributed by atoms with van der Waals surface area (Å²) < 4.78 is 6.01. The van der Waals surface area contributed by atoms with Crippen molar-refractivity contribution < 1.29 is 9.84 Å². The number of nitrogens with zero attached hydrogens (tertiary/aromatic N) is 2. The molecule has 0 radical (unpaired) electrons. The van der Waals surface area contributed by atoms with E-state index in [1.165, 1.54) is 0 Å². The fourth-order valence-corrected chi connectivity index (χ4v) is 2.43. The van der Waals surface area contributed by atoms with Crippen molar-refractivity contribution in [1.82, 2.24) is 0 Å². The highest BCUT2D eigenvalue weighted by Crippen LogP contribution is 2.29. The summed E-state index contributed by atoms with van der Waals surface area (Å²) in [6, 6.07) is 7.92. The molecule has 5 heteroatoms. The lowest BCUT2D eigenvalue weighted by Crippen LogP contribution is -2.28. The van der Waals surface area contributed by atoms with E-state index in [1.54, 1.807) is 14.0 Å². The Morgan fingerprint density at radius 2 is 2.21 bits per heavy atom. The Morgan fingerprint density at radius 1 is 1.47 bits per heavy atom. The number of methoxy groups -OCH3 is 1. The fourth-order valence-electron chi connectivity index (χ4n) is 1.78. The highest BCUT2D eigenvalue weighted by molar-refractivity contribution is 9.10. The average molecular weight is 327 g/mol. The van der Waals surface area contributed by atoms with Crippen LogP contribution in [0.5, 0.6) is 0 Å². The summed E-state index contributed by atoms with van der Waals surface area (Å²) in [6.45, 7) is 3.73. The van der Waals surface area contributed by atoms with Crippen LogP contribution in [0.15, 0.2) is 22.7 Å². The van der Waals surface area contributed by atoms with Crippen molar-refractivity contribution >= 4 is 21.6 Å². The molecule has 0 aliphatic heterocycles. The Hall–Kier alpha value is -1.09. The molecule has 0 aliphatic carbocycles.